The highest BCUT2D eigenvalue weighted by atomic mass is 16.3. The first-order valence-electron chi connectivity index (χ1n) is 8.70. The monoisotopic (exact) mass is 332 g/mol. The van der Waals surface area contributed by atoms with Gasteiger partial charge in [-0.2, -0.15) is 0 Å². The van der Waals surface area contributed by atoms with E-state index in [0.29, 0.717) is 31.6 Å². The first-order chi connectivity index (χ1) is 11.4. The number of amides is 2. The number of carbonyl (C=O) groups is 2. The van der Waals surface area contributed by atoms with Gasteiger partial charge in [0.2, 0.25) is 5.91 Å². The molecule has 2 atom stereocenters. The molecule has 0 radical (unpaired) electrons. The standard InChI is InChI=1S/C19H28N2O3/c1-13-9-14(2)11-17(10-13)19(24)21-8-4-5-16(12-21)18(23)20-7-6-15(3)22/h9-11,15-16,22H,4-8,12H2,1-3H3,(H,20,23)/t15-,16+/m1/s1. The number of piperidine rings is 1. The average molecular weight is 332 g/mol. The van der Waals surface area contributed by atoms with Crippen LogP contribution >= 0.6 is 0 Å². The predicted molar refractivity (Wildman–Crippen MR) is 93.9 cm³/mol. The quantitative estimate of drug-likeness (QED) is 0.867. The van der Waals surface area contributed by atoms with Gasteiger partial charge in [0.1, 0.15) is 0 Å². The SMILES string of the molecule is Cc1cc(C)cc(C(=O)N2CCC[C@H](C(=O)NCC[C@@H](C)O)C2)c1. The van der Waals surface area contributed by atoms with E-state index < -0.39 is 6.10 Å². The molecule has 1 aromatic carbocycles. The largest absolute Gasteiger partial charge is 0.393 e. The molecule has 1 saturated heterocycles. The number of rotatable bonds is 5. The summed E-state index contributed by atoms with van der Waals surface area (Å²) >= 11 is 0. The highest BCUT2D eigenvalue weighted by Crippen LogP contribution is 2.20. The van der Waals surface area contributed by atoms with Crippen molar-refractivity contribution in [3.63, 3.8) is 0 Å². The van der Waals surface area contributed by atoms with E-state index in [2.05, 4.69) is 5.32 Å². The topological polar surface area (TPSA) is 69.6 Å². The van der Waals surface area contributed by atoms with Crippen LogP contribution in [0.25, 0.3) is 0 Å². The van der Waals surface area contributed by atoms with Crippen LogP contribution in [0.3, 0.4) is 0 Å². The molecule has 2 N–H and O–H groups in total. The molecule has 132 valence electrons. The summed E-state index contributed by atoms with van der Waals surface area (Å²) in [7, 11) is 0. The van der Waals surface area contributed by atoms with E-state index in [-0.39, 0.29) is 17.7 Å². The van der Waals surface area contributed by atoms with E-state index >= 15 is 0 Å². The molecule has 1 heterocycles. The number of nitrogens with one attached hydrogen (secondary N) is 1. The molecular formula is C19H28N2O3. The van der Waals surface area contributed by atoms with E-state index in [1.807, 2.05) is 32.0 Å². The second-order valence-corrected chi connectivity index (χ2v) is 6.90. The summed E-state index contributed by atoms with van der Waals surface area (Å²) in [5, 5.41) is 12.1. The third kappa shape index (κ3) is 5.06. The second-order valence-electron chi connectivity index (χ2n) is 6.90. The number of carbonyl (C=O) groups excluding carboxylic acids is 2. The van der Waals surface area contributed by atoms with E-state index in [9.17, 15) is 14.7 Å². The molecule has 2 rings (SSSR count). The van der Waals surface area contributed by atoms with Crippen LogP contribution in [0.15, 0.2) is 18.2 Å². The molecule has 0 bridgehead atoms. The van der Waals surface area contributed by atoms with Gasteiger partial charge in [0.15, 0.2) is 0 Å². The van der Waals surface area contributed by atoms with Crippen molar-refractivity contribution in [3.05, 3.63) is 34.9 Å². The first-order valence-corrected chi connectivity index (χ1v) is 8.70. The van der Waals surface area contributed by atoms with Gasteiger partial charge in [-0.05, 0) is 52.2 Å². The van der Waals surface area contributed by atoms with Crippen LogP contribution in [-0.4, -0.2) is 47.6 Å². The number of hydrogen-bond donors (Lipinski definition) is 2. The fourth-order valence-corrected chi connectivity index (χ4v) is 3.20. The Kier molecular flexibility index (Phi) is 6.37. The Hall–Kier alpha value is -1.88. The summed E-state index contributed by atoms with van der Waals surface area (Å²) in [5.41, 5.74) is 2.84. The van der Waals surface area contributed by atoms with Gasteiger partial charge in [0, 0.05) is 25.2 Å². The van der Waals surface area contributed by atoms with Crippen molar-refractivity contribution in [1.29, 1.82) is 0 Å². The van der Waals surface area contributed by atoms with Gasteiger partial charge in [0.25, 0.3) is 5.91 Å². The molecule has 0 aliphatic carbocycles. The van der Waals surface area contributed by atoms with E-state index in [4.69, 9.17) is 0 Å². The van der Waals surface area contributed by atoms with Crippen molar-refractivity contribution in [1.82, 2.24) is 10.2 Å². The molecule has 5 heteroatoms. The van der Waals surface area contributed by atoms with Gasteiger partial charge in [-0.1, -0.05) is 17.2 Å². The van der Waals surface area contributed by atoms with Crippen molar-refractivity contribution in [2.45, 2.75) is 46.1 Å². The molecule has 2 amide bonds. The first kappa shape index (κ1) is 18.5. The molecular weight excluding hydrogens is 304 g/mol. The van der Waals surface area contributed by atoms with Gasteiger partial charge >= 0.3 is 0 Å². The Bertz CT molecular complexity index is 578. The summed E-state index contributed by atoms with van der Waals surface area (Å²) < 4.78 is 0. The minimum Gasteiger partial charge on any atom is -0.393 e. The number of aliphatic hydroxyl groups excluding tert-OH is 1. The van der Waals surface area contributed by atoms with Crippen LogP contribution in [0.1, 0.15) is 47.7 Å². The van der Waals surface area contributed by atoms with E-state index in [1.54, 1.807) is 11.8 Å². The van der Waals surface area contributed by atoms with Crippen LogP contribution in [0.2, 0.25) is 0 Å². The molecule has 1 aromatic rings. The van der Waals surface area contributed by atoms with Crippen LogP contribution in [0.5, 0.6) is 0 Å². The zero-order chi connectivity index (χ0) is 17.7. The van der Waals surface area contributed by atoms with Gasteiger partial charge in [-0.15, -0.1) is 0 Å². The van der Waals surface area contributed by atoms with Crippen molar-refractivity contribution in [2.24, 2.45) is 5.92 Å². The zero-order valence-corrected chi connectivity index (χ0v) is 14.8. The molecule has 0 spiro atoms. The van der Waals surface area contributed by atoms with Crippen LogP contribution < -0.4 is 5.32 Å². The Morgan fingerprint density at radius 2 is 1.96 bits per heavy atom. The minimum absolute atomic E-state index is 0.00304. The fourth-order valence-electron chi connectivity index (χ4n) is 3.20. The molecule has 1 aliphatic heterocycles. The Balaban J connectivity index is 1.96. The normalized spacial score (nSPS) is 19.0. The maximum absolute atomic E-state index is 12.7. The molecule has 1 aliphatic rings. The second kappa shape index (κ2) is 8.29. The molecule has 5 nitrogen and oxygen atoms in total. The molecule has 1 fully saturated rings. The van der Waals surface area contributed by atoms with Gasteiger partial charge < -0.3 is 15.3 Å². The third-order valence-corrected chi connectivity index (χ3v) is 4.41. The summed E-state index contributed by atoms with van der Waals surface area (Å²) in [6.45, 7) is 7.31. The van der Waals surface area contributed by atoms with Crippen molar-refractivity contribution < 1.29 is 14.7 Å². The predicted octanol–water partition coefficient (Wildman–Crippen LogP) is 2.04. The zero-order valence-electron chi connectivity index (χ0n) is 14.8. The Morgan fingerprint density at radius 1 is 1.29 bits per heavy atom. The smallest absolute Gasteiger partial charge is 0.253 e. The highest BCUT2D eigenvalue weighted by Gasteiger charge is 2.28. The number of likely N-dealkylation sites (tertiary alicyclic amines) is 1. The lowest BCUT2D eigenvalue weighted by atomic mass is 9.96. The summed E-state index contributed by atoms with van der Waals surface area (Å²) in [4.78, 5) is 26.8. The van der Waals surface area contributed by atoms with Crippen LogP contribution in [0, 0.1) is 19.8 Å². The van der Waals surface area contributed by atoms with Crippen molar-refractivity contribution >= 4 is 11.8 Å². The molecule has 24 heavy (non-hydrogen) atoms. The van der Waals surface area contributed by atoms with Crippen LogP contribution in [-0.2, 0) is 4.79 Å². The number of nitrogens with zero attached hydrogens (tertiary/aromatic N) is 1. The lowest BCUT2D eigenvalue weighted by Crippen LogP contribution is -2.45. The van der Waals surface area contributed by atoms with Crippen molar-refractivity contribution in [3.8, 4) is 0 Å². The van der Waals surface area contributed by atoms with Crippen LogP contribution in [0.4, 0.5) is 0 Å². The summed E-state index contributed by atoms with van der Waals surface area (Å²) in [6.07, 6.45) is 1.77. The summed E-state index contributed by atoms with van der Waals surface area (Å²) in [6, 6.07) is 5.86. The lowest BCUT2D eigenvalue weighted by molar-refractivity contribution is -0.126. The third-order valence-electron chi connectivity index (χ3n) is 4.41. The maximum Gasteiger partial charge on any atom is 0.253 e. The number of aryl methyl sites for hydroxylation is 2. The minimum atomic E-state index is -0.417. The lowest BCUT2D eigenvalue weighted by Gasteiger charge is -2.32. The number of hydrogen-bond acceptors (Lipinski definition) is 3. The van der Waals surface area contributed by atoms with Gasteiger partial charge in [-0.3, -0.25) is 9.59 Å². The van der Waals surface area contributed by atoms with Gasteiger partial charge in [-0.25, -0.2) is 0 Å². The van der Waals surface area contributed by atoms with Crippen molar-refractivity contribution in [2.75, 3.05) is 19.6 Å². The Morgan fingerprint density at radius 3 is 2.58 bits per heavy atom. The molecule has 0 aromatic heterocycles. The average Bonchev–Trinajstić information content (AvgIpc) is 2.53. The highest BCUT2D eigenvalue weighted by molar-refractivity contribution is 5.95. The maximum atomic E-state index is 12.7. The fraction of sp³-hybridized carbons (Fsp3) is 0.579. The molecule has 0 saturated carbocycles. The number of benzene rings is 1. The Labute approximate surface area is 144 Å². The number of aliphatic hydroxyl groups is 1. The van der Waals surface area contributed by atoms with Gasteiger partial charge in [0.05, 0.1) is 12.0 Å². The molecule has 0 unspecified atom stereocenters. The summed E-state index contributed by atoms with van der Waals surface area (Å²) in [5.74, 6) is -0.181. The van der Waals surface area contributed by atoms with E-state index in [1.165, 1.54) is 0 Å². The van der Waals surface area contributed by atoms with E-state index in [0.717, 1.165) is 24.0 Å².